The van der Waals surface area contributed by atoms with Gasteiger partial charge in [0, 0.05) is 31.5 Å². The van der Waals surface area contributed by atoms with Crippen LogP contribution in [0.1, 0.15) is 35.6 Å². The Labute approximate surface area is 300 Å². The third-order valence-corrected chi connectivity index (χ3v) is 6.14. The van der Waals surface area contributed by atoms with Crippen LogP contribution in [0.25, 0.3) is 0 Å². The number of carbonyl (C=O) groups excluding carboxylic acids is 2. The molecule has 2 aromatic heterocycles. The van der Waals surface area contributed by atoms with Crippen molar-refractivity contribution in [2.45, 2.75) is 32.0 Å². The zero-order chi connectivity index (χ0) is 32.2. The van der Waals surface area contributed by atoms with Crippen LogP contribution in [0, 0.1) is 13.0 Å². The average molecular weight is 685 g/mol. The van der Waals surface area contributed by atoms with E-state index in [4.69, 9.17) is 42.1 Å². The van der Waals surface area contributed by atoms with Crippen LogP contribution in [0.4, 0.5) is 0 Å². The first kappa shape index (κ1) is 42.8. The van der Waals surface area contributed by atoms with Crippen molar-refractivity contribution in [1.29, 1.82) is 0 Å². The van der Waals surface area contributed by atoms with Gasteiger partial charge >= 0.3 is 29.6 Å². The molecule has 0 amide bonds. The molecule has 0 bridgehead atoms. The van der Waals surface area contributed by atoms with Gasteiger partial charge in [-0.3, -0.25) is 9.59 Å². The molecule has 0 spiro atoms. The molecule has 0 aliphatic heterocycles. The van der Waals surface area contributed by atoms with Gasteiger partial charge in [-0.2, -0.15) is 35.9 Å². The van der Waals surface area contributed by atoms with Crippen LogP contribution in [-0.2, 0) is 28.5 Å². The summed E-state index contributed by atoms with van der Waals surface area (Å²) in [7, 11) is 3.02. The third kappa shape index (κ3) is 15.9. The van der Waals surface area contributed by atoms with Gasteiger partial charge in [-0.25, -0.2) is 19.9 Å². The van der Waals surface area contributed by atoms with E-state index in [1.165, 1.54) is 32.9 Å². The summed E-state index contributed by atoms with van der Waals surface area (Å²) < 4.78 is 26.0. The molecule has 0 saturated heterocycles. The number of ether oxygens (including phenoxy) is 5. The molecule has 0 aliphatic carbocycles. The molecule has 0 aliphatic rings. The normalized spacial score (nSPS) is 11.0. The van der Waals surface area contributed by atoms with Gasteiger partial charge in [0.1, 0.15) is 35.3 Å². The second kappa shape index (κ2) is 25.0. The van der Waals surface area contributed by atoms with E-state index in [1.54, 1.807) is 12.1 Å². The summed E-state index contributed by atoms with van der Waals surface area (Å²) in [6.45, 7) is 5.20. The Kier molecular flexibility index (Phi) is 23.2. The first-order valence-electron chi connectivity index (χ1n) is 13.1. The van der Waals surface area contributed by atoms with E-state index in [1.807, 2.05) is 56.3 Å². The molecule has 0 fully saturated rings. The Morgan fingerprint density at radius 3 is 2.00 bits per heavy atom. The second-order valence-corrected chi connectivity index (χ2v) is 9.60. The van der Waals surface area contributed by atoms with Gasteiger partial charge in [0.2, 0.25) is 5.88 Å². The van der Waals surface area contributed by atoms with Crippen molar-refractivity contribution in [3.63, 3.8) is 0 Å². The maximum Gasteiger partial charge on any atom is 1.00 e. The molecule has 2 heterocycles. The van der Waals surface area contributed by atoms with Gasteiger partial charge in [0.05, 0.1) is 12.5 Å². The molecule has 4 rings (SSSR count). The number of hydrogen-bond donors (Lipinski definition) is 0. The maximum atomic E-state index is 10.6. The molecule has 1 N–H and O–H groups in total. The summed E-state index contributed by atoms with van der Waals surface area (Å²) >= 11 is 11.3. The molecule has 0 radical (unpaired) electrons. The fourth-order valence-electron chi connectivity index (χ4n) is 3.66. The fourth-order valence-corrected chi connectivity index (χ4v) is 4.00. The summed E-state index contributed by atoms with van der Waals surface area (Å²) in [5.41, 5.74) is 2.70. The van der Waals surface area contributed by atoms with Gasteiger partial charge in [-0.15, -0.1) is 0 Å². The number of halogens is 2. The number of aromatic nitrogens is 4. The number of benzene rings is 2. The molecule has 4 aromatic rings. The molecule has 2 atom stereocenters. The minimum Gasteiger partial charge on any atom is -0.870 e. The van der Waals surface area contributed by atoms with E-state index in [0.717, 1.165) is 16.8 Å². The molecule has 2 unspecified atom stereocenters. The fraction of sp³-hybridized carbons (Fsp3) is 0.290. The van der Waals surface area contributed by atoms with E-state index >= 15 is 0 Å². The Morgan fingerprint density at radius 2 is 1.46 bits per heavy atom. The Morgan fingerprint density at radius 1 is 0.848 bits per heavy atom. The molecule has 242 valence electrons. The van der Waals surface area contributed by atoms with Crippen molar-refractivity contribution in [3.05, 3.63) is 107 Å². The summed E-state index contributed by atoms with van der Waals surface area (Å²) in [6.07, 6.45) is 2.13. The largest absolute Gasteiger partial charge is 1.00 e. The summed E-state index contributed by atoms with van der Waals surface area (Å²) in [6, 6.07) is 21.2. The maximum absolute atomic E-state index is 10.6. The van der Waals surface area contributed by atoms with Crippen LogP contribution in [0.5, 0.6) is 11.6 Å². The van der Waals surface area contributed by atoms with Crippen molar-refractivity contribution in [3.8, 4) is 11.6 Å². The summed E-state index contributed by atoms with van der Waals surface area (Å²) in [4.78, 5) is 35.9. The van der Waals surface area contributed by atoms with Crippen LogP contribution in [-0.4, -0.2) is 72.1 Å². The van der Waals surface area contributed by atoms with Crippen LogP contribution in [0.15, 0.2) is 73.3 Å². The van der Waals surface area contributed by atoms with E-state index in [-0.39, 0.29) is 52.7 Å². The third-order valence-electron chi connectivity index (χ3n) is 5.73. The molecule has 2 aromatic carbocycles. The number of carbonyl (C=O) groups is 2. The second-order valence-electron chi connectivity index (χ2n) is 8.83. The number of aryl methyl sites for hydroxylation is 1. The predicted molar refractivity (Wildman–Crippen MR) is 166 cm³/mol. The molecule has 15 heteroatoms. The molecule has 46 heavy (non-hydrogen) atoms. The first-order valence-corrected chi connectivity index (χ1v) is 13.9. The first-order chi connectivity index (χ1) is 21.3. The molecular formula is C31H34Cl2N4NaO8-. The zero-order valence-electron chi connectivity index (χ0n) is 26.1. The number of para-hydroxylation sites is 1. The van der Waals surface area contributed by atoms with Crippen LogP contribution < -0.4 is 34.3 Å². The molecular weight excluding hydrogens is 650 g/mol. The molecule has 12 nitrogen and oxygen atoms in total. The van der Waals surface area contributed by atoms with Crippen molar-refractivity contribution in [2.24, 2.45) is 0 Å². The van der Waals surface area contributed by atoms with E-state index in [9.17, 15) is 9.59 Å². The van der Waals surface area contributed by atoms with Gasteiger partial charge in [0.15, 0.2) is 6.29 Å². The standard InChI is InChI=1S/C16H17ClN2O5.C10H11O2.C5H5ClN2.Na.H2O/c1-21-16(22-2)12(8-23-10-20)11-5-3-4-6-13(11)24-15-7-14(17)18-9-19-15;1-9(7-12-8-11)10-5-3-2-4-6-10;1-4-2-5(6)8-3-7-4;;/h3-7,9-10,12,16H,8H2,1-2H3;2-5,8-9H,7H2,1H3;2-3H,1H3;;1H2/q;-1;;+1;/p-1. The summed E-state index contributed by atoms with van der Waals surface area (Å²) in [5.74, 6) is 0.643. The minimum atomic E-state index is -0.622. The summed E-state index contributed by atoms with van der Waals surface area (Å²) in [5, 5.41) is 0.766. The smallest absolute Gasteiger partial charge is 0.870 e. The number of methoxy groups -OCH3 is 2. The minimum absolute atomic E-state index is 0. The zero-order valence-corrected chi connectivity index (χ0v) is 29.6. The van der Waals surface area contributed by atoms with Gasteiger partial charge in [0.25, 0.3) is 12.9 Å². The van der Waals surface area contributed by atoms with Gasteiger partial charge in [-0.05, 0) is 25.0 Å². The van der Waals surface area contributed by atoms with Crippen molar-refractivity contribution in [1.82, 2.24) is 19.9 Å². The van der Waals surface area contributed by atoms with E-state index in [0.29, 0.717) is 36.3 Å². The predicted octanol–water partition coefficient (Wildman–Crippen LogP) is 2.83. The van der Waals surface area contributed by atoms with E-state index in [2.05, 4.69) is 30.7 Å². The van der Waals surface area contributed by atoms with Crippen LogP contribution >= 0.6 is 23.2 Å². The Hall–Kier alpha value is -3.20. The average Bonchev–Trinajstić information content (AvgIpc) is 3.03. The topological polar surface area (TPSA) is 162 Å². The SMILES string of the molecule is CC(COC=O)c1[c-]cccc1.COC(OC)C(COC=O)c1ccccc1Oc1cc(Cl)ncn1.Cc1cc(Cl)ncn1.[Na+].[OH-]. The van der Waals surface area contributed by atoms with Crippen molar-refractivity contribution < 1.29 is 68.3 Å². The van der Waals surface area contributed by atoms with Crippen LogP contribution in [0.3, 0.4) is 0 Å². The number of rotatable bonds is 13. The number of nitrogens with zero attached hydrogens (tertiary/aromatic N) is 4. The Bertz CT molecular complexity index is 1390. The van der Waals surface area contributed by atoms with Gasteiger partial charge in [-0.1, -0.05) is 48.3 Å². The van der Waals surface area contributed by atoms with Gasteiger partial charge < -0.3 is 29.2 Å². The van der Waals surface area contributed by atoms with Crippen molar-refractivity contribution in [2.75, 3.05) is 27.4 Å². The monoisotopic (exact) mass is 683 g/mol. The number of hydrogen-bond acceptors (Lipinski definition) is 12. The van der Waals surface area contributed by atoms with E-state index < -0.39 is 12.2 Å². The quantitative estimate of drug-likeness (QED) is 0.0667. The van der Waals surface area contributed by atoms with Crippen LogP contribution in [0.2, 0.25) is 10.3 Å². The Balaban J connectivity index is 0.000000765. The van der Waals surface area contributed by atoms with Crippen molar-refractivity contribution >= 4 is 36.1 Å². The molecule has 0 saturated carbocycles.